The predicted molar refractivity (Wildman–Crippen MR) is 138 cm³/mol. The Morgan fingerprint density at radius 3 is 1.97 bits per heavy atom. The Bertz CT molecular complexity index is 1020. The lowest BCUT2D eigenvalue weighted by atomic mass is 9.62. The second kappa shape index (κ2) is 7.18. The SMILES string of the molecule is CC(C)(C)N[Si](C)(C)C1C=C(c2ccccc2)c2cc3c(cc21)C(C)(C)CCC3(C)C. The van der Waals surface area contributed by atoms with Gasteiger partial charge in [-0.25, -0.2) is 0 Å². The van der Waals surface area contributed by atoms with Crippen LogP contribution in [0.4, 0.5) is 0 Å². The standard InChI is InChI=1S/C29H41NSi/c1-27(2,3)30-31(8,9)26-19-21(20-13-11-10-12-14-20)22-17-24-25(18-23(22)26)29(6,7)16-15-28(24,4)5/h10-14,17-19,26,30H,15-16H2,1-9H3. The lowest BCUT2D eigenvalue weighted by molar-refractivity contribution is 0.331. The first-order valence-corrected chi connectivity index (χ1v) is 15.0. The largest absolute Gasteiger partial charge is 0.332 e. The number of hydrogen-bond acceptors (Lipinski definition) is 1. The van der Waals surface area contributed by atoms with Crippen LogP contribution in [0.25, 0.3) is 5.57 Å². The van der Waals surface area contributed by atoms with Crippen LogP contribution in [0.3, 0.4) is 0 Å². The molecule has 1 N–H and O–H groups in total. The molecule has 0 aliphatic heterocycles. The molecule has 0 saturated carbocycles. The number of fused-ring (bicyclic) bond motifs is 2. The third-order valence-corrected chi connectivity index (χ3v) is 11.0. The van der Waals surface area contributed by atoms with Crippen LogP contribution in [-0.2, 0) is 10.8 Å². The molecule has 2 aliphatic carbocycles. The molecule has 166 valence electrons. The zero-order chi connectivity index (χ0) is 22.8. The molecular weight excluding hydrogens is 390 g/mol. The maximum Gasteiger partial charge on any atom is 0.131 e. The van der Waals surface area contributed by atoms with Gasteiger partial charge in [0.05, 0.1) is 0 Å². The van der Waals surface area contributed by atoms with E-state index in [-0.39, 0.29) is 16.4 Å². The summed E-state index contributed by atoms with van der Waals surface area (Å²) in [5.74, 6) is 0. The molecule has 0 spiro atoms. The van der Waals surface area contributed by atoms with Crippen molar-refractivity contribution in [2.24, 2.45) is 0 Å². The fourth-order valence-electron chi connectivity index (χ4n) is 5.98. The lowest BCUT2D eigenvalue weighted by Crippen LogP contribution is -2.57. The van der Waals surface area contributed by atoms with Crippen molar-refractivity contribution >= 4 is 13.8 Å². The highest BCUT2D eigenvalue weighted by atomic mass is 28.3. The maximum atomic E-state index is 4.06. The van der Waals surface area contributed by atoms with Crippen LogP contribution in [0.5, 0.6) is 0 Å². The molecule has 2 heteroatoms. The number of rotatable bonds is 3. The first kappa shape index (κ1) is 22.5. The Morgan fingerprint density at radius 2 is 1.42 bits per heavy atom. The van der Waals surface area contributed by atoms with Crippen LogP contribution >= 0.6 is 0 Å². The molecule has 0 amide bonds. The summed E-state index contributed by atoms with van der Waals surface area (Å²) >= 11 is 0. The highest BCUT2D eigenvalue weighted by Gasteiger charge is 2.43. The van der Waals surface area contributed by atoms with Gasteiger partial charge in [-0.05, 0) is 77.8 Å². The third-order valence-electron chi connectivity index (χ3n) is 7.54. The molecule has 0 heterocycles. The van der Waals surface area contributed by atoms with Gasteiger partial charge in [-0.15, -0.1) is 0 Å². The normalized spacial score (nSPS) is 22.0. The van der Waals surface area contributed by atoms with E-state index in [1.165, 1.54) is 29.5 Å². The van der Waals surface area contributed by atoms with Gasteiger partial charge >= 0.3 is 0 Å². The predicted octanol–water partition coefficient (Wildman–Crippen LogP) is 7.70. The van der Waals surface area contributed by atoms with E-state index in [1.54, 1.807) is 16.7 Å². The van der Waals surface area contributed by atoms with Gasteiger partial charge in [0, 0.05) is 11.1 Å². The quantitative estimate of drug-likeness (QED) is 0.491. The Balaban J connectivity index is 1.95. The maximum absolute atomic E-state index is 4.06. The highest BCUT2D eigenvalue weighted by Crippen LogP contribution is 2.51. The van der Waals surface area contributed by atoms with Crippen molar-refractivity contribution in [1.29, 1.82) is 0 Å². The molecule has 2 aromatic carbocycles. The monoisotopic (exact) mass is 431 g/mol. The average Bonchev–Trinajstić information content (AvgIpc) is 3.03. The molecule has 0 bridgehead atoms. The van der Waals surface area contributed by atoms with E-state index in [1.807, 2.05) is 0 Å². The van der Waals surface area contributed by atoms with Crippen LogP contribution < -0.4 is 4.98 Å². The summed E-state index contributed by atoms with van der Waals surface area (Å²) in [7, 11) is -1.79. The van der Waals surface area contributed by atoms with Gasteiger partial charge in [-0.1, -0.05) is 89.3 Å². The summed E-state index contributed by atoms with van der Waals surface area (Å²) < 4.78 is 0. The third kappa shape index (κ3) is 4.10. The van der Waals surface area contributed by atoms with Gasteiger partial charge in [0.25, 0.3) is 0 Å². The van der Waals surface area contributed by atoms with Gasteiger partial charge < -0.3 is 4.98 Å². The first-order valence-electron chi connectivity index (χ1n) is 12.0. The molecule has 0 fully saturated rings. The number of hydrogen-bond donors (Lipinski definition) is 1. The van der Waals surface area contributed by atoms with Gasteiger partial charge in [0.1, 0.15) is 8.24 Å². The fraction of sp³-hybridized carbons (Fsp3) is 0.517. The Labute approximate surface area is 191 Å². The number of benzene rings is 2. The van der Waals surface area contributed by atoms with Gasteiger partial charge in [0.15, 0.2) is 0 Å². The van der Waals surface area contributed by atoms with E-state index < -0.39 is 8.24 Å². The van der Waals surface area contributed by atoms with Crippen LogP contribution in [0.1, 0.15) is 94.7 Å². The van der Waals surface area contributed by atoms with Crippen LogP contribution in [0.2, 0.25) is 13.1 Å². The van der Waals surface area contributed by atoms with Crippen molar-refractivity contribution in [2.45, 2.75) is 96.3 Å². The molecule has 2 aliphatic rings. The number of nitrogens with one attached hydrogen (secondary N) is 1. The van der Waals surface area contributed by atoms with Crippen LogP contribution in [-0.4, -0.2) is 13.8 Å². The minimum Gasteiger partial charge on any atom is -0.332 e. The molecule has 31 heavy (non-hydrogen) atoms. The second-order valence-electron chi connectivity index (χ2n) is 12.8. The summed E-state index contributed by atoms with van der Waals surface area (Å²) in [5.41, 5.74) is 10.0. The fourth-order valence-corrected chi connectivity index (χ4v) is 9.67. The minimum absolute atomic E-state index is 0.120. The van der Waals surface area contributed by atoms with Gasteiger partial charge in [-0.2, -0.15) is 0 Å². The van der Waals surface area contributed by atoms with Crippen molar-refractivity contribution in [3.63, 3.8) is 0 Å². The molecular formula is C29H41NSi. The first-order chi connectivity index (χ1) is 14.2. The van der Waals surface area contributed by atoms with E-state index in [2.05, 4.69) is 115 Å². The summed E-state index contributed by atoms with van der Waals surface area (Å²) in [6.07, 6.45) is 5.11. The van der Waals surface area contributed by atoms with Crippen molar-refractivity contribution in [2.75, 3.05) is 0 Å². The van der Waals surface area contributed by atoms with Crippen LogP contribution in [0.15, 0.2) is 48.5 Å². The molecule has 4 rings (SSSR count). The Kier molecular flexibility index (Phi) is 5.22. The topological polar surface area (TPSA) is 12.0 Å². The van der Waals surface area contributed by atoms with Gasteiger partial charge in [-0.3, -0.25) is 0 Å². The van der Waals surface area contributed by atoms with Crippen molar-refractivity contribution in [3.05, 3.63) is 76.4 Å². The summed E-state index contributed by atoms with van der Waals surface area (Å²) in [4.78, 5) is 4.06. The van der Waals surface area contributed by atoms with Crippen molar-refractivity contribution in [3.8, 4) is 0 Å². The molecule has 1 nitrogen and oxygen atoms in total. The van der Waals surface area contributed by atoms with E-state index >= 15 is 0 Å². The van der Waals surface area contributed by atoms with E-state index in [9.17, 15) is 0 Å². The lowest BCUT2D eigenvalue weighted by Gasteiger charge is -2.43. The number of allylic oxidation sites excluding steroid dienone is 1. The summed E-state index contributed by atoms with van der Waals surface area (Å²) in [6.45, 7) is 21.7. The van der Waals surface area contributed by atoms with Gasteiger partial charge in [0.2, 0.25) is 0 Å². The Hall–Kier alpha value is -1.64. The molecule has 0 radical (unpaired) electrons. The van der Waals surface area contributed by atoms with E-state index in [0.29, 0.717) is 5.54 Å². The van der Waals surface area contributed by atoms with Crippen molar-refractivity contribution in [1.82, 2.24) is 4.98 Å². The van der Waals surface area contributed by atoms with Crippen LogP contribution in [0, 0.1) is 0 Å². The van der Waals surface area contributed by atoms with E-state index in [4.69, 9.17) is 0 Å². The highest BCUT2D eigenvalue weighted by molar-refractivity contribution is 6.77. The zero-order valence-electron chi connectivity index (χ0n) is 21.1. The zero-order valence-corrected chi connectivity index (χ0v) is 22.1. The van der Waals surface area contributed by atoms with Crippen molar-refractivity contribution < 1.29 is 0 Å². The summed E-state index contributed by atoms with van der Waals surface area (Å²) in [6, 6.07) is 16.2. The average molecular weight is 432 g/mol. The second-order valence-corrected chi connectivity index (χ2v) is 17.1. The molecule has 1 unspecified atom stereocenters. The minimum atomic E-state index is -1.79. The summed E-state index contributed by atoms with van der Waals surface area (Å²) in [5, 5.41) is 0. The smallest absolute Gasteiger partial charge is 0.131 e. The molecule has 1 atom stereocenters. The Morgan fingerprint density at radius 1 is 0.871 bits per heavy atom. The molecule has 0 saturated heterocycles. The molecule has 2 aromatic rings. The van der Waals surface area contributed by atoms with E-state index in [0.717, 1.165) is 0 Å². The molecule has 0 aromatic heterocycles.